The van der Waals surface area contributed by atoms with E-state index in [0.717, 1.165) is 4.88 Å². The van der Waals surface area contributed by atoms with Gasteiger partial charge >= 0.3 is 6.09 Å². The molecule has 1 aromatic carbocycles. The summed E-state index contributed by atoms with van der Waals surface area (Å²) in [4.78, 5) is 37.3. The van der Waals surface area contributed by atoms with E-state index in [1.54, 1.807) is 30.3 Å². The van der Waals surface area contributed by atoms with Crippen molar-refractivity contribution in [3.05, 3.63) is 51.5 Å². The van der Waals surface area contributed by atoms with Gasteiger partial charge in [0, 0.05) is 21.8 Å². The number of nitrogens with zero attached hydrogens (tertiary/aromatic N) is 1. The first-order valence-electron chi connectivity index (χ1n) is 8.75. The van der Waals surface area contributed by atoms with Crippen LogP contribution in [0.1, 0.15) is 34.0 Å². The zero-order chi connectivity index (χ0) is 21.1. The Morgan fingerprint density at radius 1 is 1.31 bits per heavy atom. The van der Waals surface area contributed by atoms with Gasteiger partial charge in [0.05, 0.1) is 23.7 Å². The van der Waals surface area contributed by atoms with Gasteiger partial charge in [0.1, 0.15) is 11.9 Å². The van der Waals surface area contributed by atoms with E-state index in [0.29, 0.717) is 20.6 Å². The predicted octanol–water partition coefficient (Wildman–Crippen LogP) is 4.44. The maximum absolute atomic E-state index is 14.6. The van der Waals surface area contributed by atoms with Crippen molar-refractivity contribution in [2.75, 3.05) is 18.0 Å². The molecule has 1 atom stereocenters. The van der Waals surface area contributed by atoms with E-state index in [4.69, 9.17) is 4.74 Å². The molecular weight excluding hydrogens is 463 g/mol. The number of thiophene rings is 1. The maximum Gasteiger partial charge on any atom is 0.414 e. The summed E-state index contributed by atoms with van der Waals surface area (Å²) in [6.45, 7) is 3.30. The molecule has 1 aliphatic rings. The van der Waals surface area contributed by atoms with Crippen molar-refractivity contribution in [3.8, 4) is 0 Å². The number of nitrogens with one attached hydrogen (secondary N) is 1. The first-order valence-corrected chi connectivity index (χ1v) is 10.4. The summed E-state index contributed by atoms with van der Waals surface area (Å²) in [5.74, 6) is -0.735. The van der Waals surface area contributed by atoms with Crippen LogP contribution in [-0.4, -0.2) is 37.0 Å². The summed E-state index contributed by atoms with van der Waals surface area (Å²) in [7, 11) is 0. The van der Waals surface area contributed by atoms with E-state index in [-0.39, 0.29) is 24.8 Å². The lowest BCUT2D eigenvalue weighted by Crippen LogP contribution is -2.33. The number of anilines is 1. The number of rotatable bonds is 6. The molecule has 152 valence electrons. The predicted molar refractivity (Wildman–Crippen MR) is 114 cm³/mol. The Labute approximate surface area is 179 Å². The second kappa shape index (κ2) is 8.87. The summed E-state index contributed by atoms with van der Waals surface area (Å²) >= 11 is 4.74. The summed E-state index contributed by atoms with van der Waals surface area (Å²) in [6, 6.07) is 7.99. The van der Waals surface area contributed by atoms with Gasteiger partial charge < -0.3 is 10.1 Å². The molecule has 0 aliphatic carbocycles. The van der Waals surface area contributed by atoms with Gasteiger partial charge in [-0.2, -0.15) is 0 Å². The molecule has 2 amide bonds. The third-order valence-electron chi connectivity index (χ3n) is 4.22. The van der Waals surface area contributed by atoms with Gasteiger partial charge in [-0.1, -0.05) is 0 Å². The van der Waals surface area contributed by atoms with Crippen LogP contribution in [0.5, 0.6) is 0 Å². The molecule has 6 nitrogen and oxygen atoms in total. The van der Waals surface area contributed by atoms with E-state index < -0.39 is 18.0 Å². The van der Waals surface area contributed by atoms with Gasteiger partial charge in [-0.05, 0) is 59.3 Å². The Balaban J connectivity index is 1.75. The van der Waals surface area contributed by atoms with Crippen LogP contribution in [0.25, 0.3) is 10.6 Å². The molecule has 1 fully saturated rings. The minimum Gasteiger partial charge on any atom is -0.442 e. The smallest absolute Gasteiger partial charge is 0.414 e. The molecule has 1 aromatic heterocycles. The Hall–Kier alpha value is -2.52. The van der Waals surface area contributed by atoms with Crippen molar-refractivity contribution < 1.29 is 23.5 Å². The highest BCUT2D eigenvalue weighted by molar-refractivity contribution is 9.15. The number of hydrogen-bond donors (Lipinski definition) is 1. The molecule has 0 radical (unpaired) electrons. The maximum atomic E-state index is 14.6. The van der Waals surface area contributed by atoms with Gasteiger partial charge in [0.15, 0.2) is 5.78 Å². The van der Waals surface area contributed by atoms with E-state index in [9.17, 15) is 18.8 Å². The number of halogens is 2. The second-order valence-corrected chi connectivity index (χ2v) is 8.41. The van der Waals surface area contributed by atoms with Gasteiger partial charge in [0.25, 0.3) is 0 Å². The normalized spacial score (nSPS) is 16.7. The number of ketones is 1. The van der Waals surface area contributed by atoms with Crippen LogP contribution in [0.2, 0.25) is 0 Å². The van der Waals surface area contributed by atoms with Crippen molar-refractivity contribution in [1.29, 1.82) is 0 Å². The number of benzene rings is 1. The molecule has 2 heterocycles. The number of carbonyl (C=O) groups is 3. The molecule has 0 bridgehead atoms. The third-order valence-corrected chi connectivity index (χ3v) is 6.36. The van der Waals surface area contributed by atoms with Crippen LogP contribution >= 0.6 is 27.3 Å². The molecule has 1 N–H and O–H groups in total. The SMILES string of the molecule is CC(=O)NC[C@H]1CN(c2ccc(/C=C(\Br)c3ccc(C(C)=O)s3)c(F)c2)C(=O)O1. The van der Waals surface area contributed by atoms with Gasteiger partial charge in [-0.15, -0.1) is 11.3 Å². The summed E-state index contributed by atoms with van der Waals surface area (Å²) in [5, 5.41) is 2.60. The Morgan fingerprint density at radius 2 is 2.03 bits per heavy atom. The molecule has 0 unspecified atom stereocenters. The first-order chi connectivity index (χ1) is 13.7. The third kappa shape index (κ3) is 5.10. The first kappa shape index (κ1) is 21.2. The topological polar surface area (TPSA) is 75.7 Å². The van der Waals surface area contributed by atoms with Crippen molar-refractivity contribution >= 4 is 61.3 Å². The number of carbonyl (C=O) groups excluding carboxylic acids is 3. The van der Waals surface area contributed by atoms with Gasteiger partial charge in [-0.3, -0.25) is 14.5 Å². The Kier molecular flexibility index (Phi) is 6.49. The molecular formula is C20H18BrFN2O4S. The Bertz CT molecular complexity index is 1000. The zero-order valence-electron chi connectivity index (χ0n) is 15.7. The highest BCUT2D eigenvalue weighted by Crippen LogP contribution is 2.32. The summed E-state index contributed by atoms with van der Waals surface area (Å²) in [5.41, 5.74) is 0.710. The van der Waals surface area contributed by atoms with E-state index in [2.05, 4.69) is 21.2 Å². The van der Waals surface area contributed by atoms with Gasteiger partial charge in [-0.25, -0.2) is 9.18 Å². The largest absolute Gasteiger partial charge is 0.442 e. The fraction of sp³-hybridized carbons (Fsp3) is 0.250. The van der Waals surface area contributed by atoms with Crippen molar-refractivity contribution in [3.63, 3.8) is 0 Å². The van der Waals surface area contributed by atoms with Crippen LogP contribution in [0.15, 0.2) is 30.3 Å². The Morgan fingerprint density at radius 3 is 2.66 bits per heavy atom. The lowest BCUT2D eigenvalue weighted by Gasteiger charge is -2.14. The highest BCUT2D eigenvalue weighted by atomic mass is 79.9. The minimum absolute atomic E-state index is 0.0219. The molecule has 0 spiro atoms. The van der Waals surface area contributed by atoms with Crippen molar-refractivity contribution in [2.45, 2.75) is 20.0 Å². The lowest BCUT2D eigenvalue weighted by atomic mass is 10.1. The fourth-order valence-electron chi connectivity index (χ4n) is 2.76. The van der Waals surface area contributed by atoms with Crippen LogP contribution in [0.4, 0.5) is 14.9 Å². The molecule has 0 saturated carbocycles. The quantitative estimate of drug-likeness (QED) is 0.619. The molecule has 1 aliphatic heterocycles. The summed E-state index contributed by atoms with van der Waals surface area (Å²) < 4.78 is 20.5. The average molecular weight is 481 g/mol. The average Bonchev–Trinajstić information content (AvgIpc) is 3.29. The van der Waals surface area contributed by atoms with E-state index in [1.807, 2.05) is 0 Å². The van der Waals surface area contributed by atoms with Crippen molar-refractivity contribution in [1.82, 2.24) is 5.32 Å². The van der Waals surface area contributed by atoms with Crippen LogP contribution in [0.3, 0.4) is 0 Å². The van der Waals surface area contributed by atoms with E-state index >= 15 is 0 Å². The van der Waals surface area contributed by atoms with Crippen LogP contribution in [-0.2, 0) is 9.53 Å². The van der Waals surface area contributed by atoms with E-state index in [1.165, 1.54) is 36.2 Å². The molecule has 1 saturated heterocycles. The minimum atomic E-state index is -0.584. The highest BCUT2D eigenvalue weighted by Gasteiger charge is 2.32. The lowest BCUT2D eigenvalue weighted by molar-refractivity contribution is -0.119. The molecule has 2 aromatic rings. The zero-order valence-corrected chi connectivity index (χ0v) is 18.1. The number of amides is 2. The van der Waals surface area contributed by atoms with Crippen LogP contribution < -0.4 is 10.2 Å². The second-order valence-electron chi connectivity index (χ2n) is 6.47. The standard InChI is InChI=1S/C20H18BrFN2O4S/c1-11(25)18-5-6-19(29-18)16(21)7-13-3-4-14(8-17(13)22)24-10-15(28-20(24)27)9-23-12(2)26/h3-8,15H,9-10H2,1-2H3,(H,23,26)/b16-7-/t15-/m0/s1. The summed E-state index contributed by atoms with van der Waals surface area (Å²) in [6.07, 6.45) is 0.550. The number of cyclic esters (lactones) is 1. The molecule has 3 rings (SSSR count). The molecule has 9 heteroatoms. The number of hydrogen-bond acceptors (Lipinski definition) is 5. The van der Waals surface area contributed by atoms with Crippen molar-refractivity contribution in [2.24, 2.45) is 0 Å². The molecule has 29 heavy (non-hydrogen) atoms. The fourth-order valence-corrected chi connectivity index (χ4v) is 4.19. The monoisotopic (exact) mass is 480 g/mol. The number of ether oxygens (including phenoxy) is 1. The van der Waals surface area contributed by atoms with Crippen LogP contribution in [0, 0.1) is 5.82 Å². The van der Waals surface area contributed by atoms with Gasteiger partial charge in [0.2, 0.25) is 5.91 Å². The number of Topliss-reactive ketones (excluding diaryl/α,β-unsaturated/α-hetero) is 1.